The lowest BCUT2D eigenvalue weighted by Crippen LogP contribution is -2.50. The molecule has 0 radical (unpaired) electrons. The lowest BCUT2D eigenvalue weighted by Gasteiger charge is -2.38. The predicted octanol–water partition coefficient (Wildman–Crippen LogP) is 4.88. The molecular formula is C23H25F4NO4. The van der Waals surface area contributed by atoms with Crippen molar-refractivity contribution in [2.24, 2.45) is 5.73 Å². The molecule has 4 N–H and O–H groups in total. The first-order chi connectivity index (χ1) is 14.7. The topological polar surface area (TPSA) is 92.8 Å². The third-order valence-corrected chi connectivity index (χ3v) is 5.16. The lowest BCUT2D eigenvalue weighted by atomic mass is 9.73. The maximum atomic E-state index is 13.9. The van der Waals surface area contributed by atoms with Crippen molar-refractivity contribution in [1.29, 1.82) is 0 Å². The van der Waals surface area contributed by atoms with Crippen molar-refractivity contribution in [2.45, 2.75) is 43.9 Å². The molecule has 0 heterocycles. The van der Waals surface area contributed by atoms with E-state index in [1.807, 2.05) is 0 Å². The number of aliphatic hydroxyl groups is 1. The van der Waals surface area contributed by atoms with Gasteiger partial charge in [-0.25, -0.2) is 9.18 Å². The molecule has 1 atom stereocenters. The Morgan fingerprint density at radius 3 is 2.22 bits per heavy atom. The molecule has 9 heteroatoms. The Hall–Kier alpha value is -3.07. The summed E-state index contributed by atoms with van der Waals surface area (Å²) in [7, 11) is 1.32. The summed E-state index contributed by atoms with van der Waals surface area (Å²) in [5, 5.41) is 19.6. The van der Waals surface area contributed by atoms with Crippen LogP contribution in [0.5, 0.6) is 5.75 Å². The Balaban J connectivity index is 2.37. The summed E-state index contributed by atoms with van der Waals surface area (Å²) in [6.45, 7) is 2.90. The number of halogens is 4. The smallest absolute Gasteiger partial charge is 0.417 e. The SMILES string of the molecule is COc1ccc(F)cc1C(C)(C)CC(O)(C/C(N)=C/c1ccc(C(=O)O)cc1)C(F)(F)F. The molecule has 2 rings (SSSR count). The van der Waals surface area contributed by atoms with Crippen LogP contribution in [0.25, 0.3) is 6.08 Å². The van der Waals surface area contributed by atoms with E-state index in [0.717, 1.165) is 12.1 Å². The van der Waals surface area contributed by atoms with Crippen molar-refractivity contribution < 1.29 is 37.3 Å². The fourth-order valence-corrected chi connectivity index (χ4v) is 3.62. The van der Waals surface area contributed by atoms with Crippen LogP contribution in [-0.4, -0.2) is 35.1 Å². The number of methoxy groups -OCH3 is 1. The van der Waals surface area contributed by atoms with Crippen molar-refractivity contribution in [2.75, 3.05) is 7.11 Å². The normalized spacial score (nSPS) is 14.7. The molecule has 0 amide bonds. The van der Waals surface area contributed by atoms with Crippen molar-refractivity contribution in [3.05, 3.63) is 70.7 Å². The molecular weight excluding hydrogens is 430 g/mol. The van der Waals surface area contributed by atoms with E-state index in [9.17, 15) is 27.5 Å². The quantitative estimate of drug-likeness (QED) is 0.493. The number of benzene rings is 2. The van der Waals surface area contributed by atoms with Gasteiger partial charge < -0.3 is 20.7 Å². The fourth-order valence-electron chi connectivity index (χ4n) is 3.62. The predicted molar refractivity (Wildman–Crippen MR) is 112 cm³/mol. The van der Waals surface area contributed by atoms with Gasteiger partial charge in [0.2, 0.25) is 0 Å². The Morgan fingerprint density at radius 2 is 1.72 bits per heavy atom. The molecule has 174 valence electrons. The molecule has 2 aromatic carbocycles. The fraction of sp³-hybridized carbons (Fsp3) is 0.348. The van der Waals surface area contributed by atoms with Gasteiger partial charge in [-0.05, 0) is 53.8 Å². The van der Waals surface area contributed by atoms with Gasteiger partial charge in [-0.2, -0.15) is 13.2 Å². The van der Waals surface area contributed by atoms with E-state index in [4.69, 9.17) is 15.6 Å². The monoisotopic (exact) mass is 455 g/mol. The molecule has 0 saturated heterocycles. The van der Waals surface area contributed by atoms with E-state index in [-0.39, 0.29) is 22.6 Å². The molecule has 0 aliphatic carbocycles. The van der Waals surface area contributed by atoms with E-state index in [0.29, 0.717) is 5.56 Å². The first-order valence-corrected chi connectivity index (χ1v) is 9.61. The van der Waals surface area contributed by atoms with Crippen LogP contribution in [0.4, 0.5) is 17.6 Å². The number of rotatable bonds is 8. The number of alkyl halides is 3. The molecule has 32 heavy (non-hydrogen) atoms. The van der Waals surface area contributed by atoms with E-state index in [1.54, 1.807) is 0 Å². The lowest BCUT2D eigenvalue weighted by molar-refractivity contribution is -0.266. The number of carboxylic acids is 1. The zero-order valence-electron chi connectivity index (χ0n) is 17.8. The van der Waals surface area contributed by atoms with Crippen LogP contribution in [0.1, 0.15) is 48.2 Å². The maximum Gasteiger partial charge on any atom is 0.417 e. The minimum atomic E-state index is -5.03. The molecule has 0 fully saturated rings. The van der Waals surface area contributed by atoms with Gasteiger partial charge in [-0.3, -0.25) is 0 Å². The average molecular weight is 455 g/mol. The summed E-state index contributed by atoms with van der Waals surface area (Å²) in [5.41, 5.74) is 1.59. The Bertz CT molecular complexity index is 1000. The first kappa shape index (κ1) is 25.2. The largest absolute Gasteiger partial charge is 0.496 e. The van der Waals surface area contributed by atoms with Gasteiger partial charge in [0.25, 0.3) is 0 Å². The number of nitrogens with two attached hydrogens (primary N) is 1. The molecule has 5 nitrogen and oxygen atoms in total. The van der Waals surface area contributed by atoms with Crippen molar-refractivity contribution in [3.8, 4) is 5.75 Å². The van der Waals surface area contributed by atoms with Gasteiger partial charge in [0.1, 0.15) is 11.6 Å². The molecule has 0 aliphatic rings. The van der Waals surface area contributed by atoms with Crippen LogP contribution in [0.3, 0.4) is 0 Å². The minimum Gasteiger partial charge on any atom is -0.496 e. The third kappa shape index (κ3) is 5.79. The van der Waals surface area contributed by atoms with E-state index in [2.05, 4.69) is 0 Å². The summed E-state index contributed by atoms with van der Waals surface area (Å²) >= 11 is 0. The first-order valence-electron chi connectivity index (χ1n) is 9.61. The van der Waals surface area contributed by atoms with Crippen LogP contribution in [0.15, 0.2) is 48.2 Å². The molecule has 0 bridgehead atoms. The number of carbonyl (C=O) groups is 1. The summed E-state index contributed by atoms with van der Waals surface area (Å²) in [6.07, 6.45) is -5.54. The third-order valence-electron chi connectivity index (χ3n) is 5.16. The average Bonchev–Trinajstić information content (AvgIpc) is 2.66. The van der Waals surface area contributed by atoms with E-state index in [1.165, 1.54) is 57.4 Å². The van der Waals surface area contributed by atoms with Gasteiger partial charge in [0.05, 0.1) is 12.7 Å². The van der Waals surface area contributed by atoms with E-state index < -0.39 is 41.8 Å². The molecule has 0 spiro atoms. The highest BCUT2D eigenvalue weighted by molar-refractivity contribution is 5.87. The van der Waals surface area contributed by atoms with Gasteiger partial charge in [0, 0.05) is 17.7 Å². The second kappa shape index (κ2) is 9.20. The number of ether oxygens (including phenoxy) is 1. The van der Waals surface area contributed by atoms with Crippen molar-refractivity contribution in [3.63, 3.8) is 0 Å². The molecule has 0 aliphatic heterocycles. The summed E-state index contributed by atoms with van der Waals surface area (Å²) < 4.78 is 60.8. The Labute approximate surface area is 183 Å². The van der Waals surface area contributed by atoms with Gasteiger partial charge in [0.15, 0.2) is 5.60 Å². The zero-order valence-corrected chi connectivity index (χ0v) is 17.8. The second-order valence-corrected chi connectivity index (χ2v) is 8.26. The second-order valence-electron chi connectivity index (χ2n) is 8.26. The highest BCUT2D eigenvalue weighted by Gasteiger charge is 2.56. The van der Waals surface area contributed by atoms with Crippen LogP contribution in [0.2, 0.25) is 0 Å². The van der Waals surface area contributed by atoms with Gasteiger partial charge in [-0.15, -0.1) is 0 Å². The standard InChI is InChI=1S/C23H25F4NO4/c1-21(2,18-11-16(24)8-9-19(18)32-3)13-22(31,23(25,26)27)12-17(28)10-14-4-6-15(7-5-14)20(29)30/h4-11,31H,12-13,28H2,1-3H3,(H,29,30)/b17-10-. The van der Waals surface area contributed by atoms with Crippen LogP contribution in [-0.2, 0) is 5.41 Å². The highest BCUT2D eigenvalue weighted by atomic mass is 19.4. The Morgan fingerprint density at radius 1 is 1.12 bits per heavy atom. The minimum absolute atomic E-state index is 0.0123. The van der Waals surface area contributed by atoms with Crippen LogP contribution < -0.4 is 10.5 Å². The van der Waals surface area contributed by atoms with Crippen LogP contribution >= 0.6 is 0 Å². The molecule has 1 unspecified atom stereocenters. The van der Waals surface area contributed by atoms with E-state index >= 15 is 0 Å². The number of carboxylic acid groups (broad SMARTS) is 1. The number of hydrogen-bond acceptors (Lipinski definition) is 4. The zero-order chi connectivity index (χ0) is 24.3. The molecule has 0 saturated carbocycles. The number of hydrogen-bond donors (Lipinski definition) is 3. The van der Waals surface area contributed by atoms with Crippen molar-refractivity contribution >= 4 is 12.0 Å². The molecule has 0 aromatic heterocycles. The summed E-state index contributed by atoms with van der Waals surface area (Å²) in [4.78, 5) is 10.9. The van der Waals surface area contributed by atoms with Gasteiger partial charge in [-0.1, -0.05) is 26.0 Å². The van der Waals surface area contributed by atoms with Crippen molar-refractivity contribution in [1.82, 2.24) is 0 Å². The summed E-state index contributed by atoms with van der Waals surface area (Å²) in [6, 6.07) is 8.89. The van der Waals surface area contributed by atoms with Gasteiger partial charge >= 0.3 is 12.1 Å². The molecule has 2 aromatic rings. The van der Waals surface area contributed by atoms with Crippen LogP contribution in [0, 0.1) is 5.82 Å². The summed E-state index contributed by atoms with van der Waals surface area (Å²) in [5.74, 6) is -1.59. The number of aromatic carboxylic acids is 1. The maximum absolute atomic E-state index is 13.9. The highest BCUT2D eigenvalue weighted by Crippen LogP contribution is 2.46. The Kier molecular flexibility index (Phi) is 7.24.